The van der Waals surface area contributed by atoms with Crippen LogP contribution in [0.4, 0.5) is 5.95 Å². The summed E-state index contributed by atoms with van der Waals surface area (Å²) < 4.78 is 64.2. The van der Waals surface area contributed by atoms with E-state index >= 15 is 0 Å². The molecule has 24 heteroatoms. The highest BCUT2D eigenvalue weighted by Gasteiger charge is 2.49. The fourth-order valence-electron chi connectivity index (χ4n) is 3.74. The SMILES string of the molecule is CC(=O)OC[C@H]1[C@@H](OC(C)=O)[C@H](Cn2cnc3c(=O)[nH]c(N)nc32)O[C@@H]1COP(=O)(O)OP(=O)(O)OP(=O)(O)O. The van der Waals surface area contributed by atoms with E-state index in [4.69, 9.17) is 29.7 Å². The van der Waals surface area contributed by atoms with Crippen molar-refractivity contribution in [3.05, 3.63) is 16.7 Å². The molecule has 3 heterocycles. The van der Waals surface area contributed by atoms with E-state index < -0.39 is 78.4 Å². The Hall–Kier alpha value is -2.54. The second-order valence-corrected chi connectivity index (χ2v) is 12.6. The van der Waals surface area contributed by atoms with Crippen molar-refractivity contribution >= 4 is 52.5 Å². The van der Waals surface area contributed by atoms with Crippen LogP contribution in [0.15, 0.2) is 11.1 Å². The molecule has 0 bridgehead atoms. The number of nitrogens with one attached hydrogen (secondary N) is 1. The molecule has 6 atom stereocenters. The van der Waals surface area contributed by atoms with Crippen LogP contribution < -0.4 is 11.3 Å². The standard InChI is InChI=1S/C16H24N5O16P3/c1-7(22)32-4-9-11(5-33-39(28,29)37-40(30,31)36-38(25,26)27)35-10(13(9)34-8(2)23)3-21-6-18-12-14(21)19-16(17)20-15(12)24/h6,9-11,13H,3-5H2,1-2H3,(H,28,29)(H,30,31)(H2,25,26,27)(H3,17,19,20,24)/t9-,10+,11-,13-/m1/s1. The lowest BCUT2D eigenvalue weighted by atomic mass is 9.97. The lowest BCUT2D eigenvalue weighted by molar-refractivity contribution is -0.153. The number of H-pyrrole nitrogens is 1. The molecule has 2 unspecified atom stereocenters. The van der Waals surface area contributed by atoms with Crippen LogP contribution in [-0.2, 0) is 57.2 Å². The summed E-state index contributed by atoms with van der Waals surface area (Å²) in [4.78, 5) is 82.1. The molecule has 0 saturated carbocycles. The van der Waals surface area contributed by atoms with E-state index in [9.17, 15) is 37.9 Å². The molecule has 224 valence electrons. The van der Waals surface area contributed by atoms with Gasteiger partial charge in [-0.1, -0.05) is 0 Å². The van der Waals surface area contributed by atoms with Crippen LogP contribution in [0.1, 0.15) is 13.8 Å². The van der Waals surface area contributed by atoms with E-state index in [0.29, 0.717) is 0 Å². The van der Waals surface area contributed by atoms with Gasteiger partial charge in [-0.3, -0.25) is 23.9 Å². The predicted octanol–water partition coefficient (Wildman–Crippen LogP) is -1.08. The van der Waals surface area contributed by atoms with Crippen molar-refractivity contribution in [3.8, 4) is 0 Å². The third-order valence-electron chi connectivity index (χ3n) is 5.08. The smallest absolute Gasteiger partial charge is 0.465 e. The summed E-state index contributed by atoms with van der Waals surface area (Å²) in [7, 11) is -16.9. The molecule has 0 aliphatic carbocycles. The van der Waals surface area contributed by atoms with Gasteiger partial charge in [0.25, 0.3) is 5.56 Å². The van der Waals surface area contributed by atoms with Crippen LogP contribution in [0, 0.1) is 5.92 Å². The molecular formula is C16H24N5O16P3. The van der Waals surface area contributed by atoms with Crippen molar-refractivity contribution in [1.82, 2.24) is 19.5 Å². The van der Waals surface area contributed by atoms with E-state index in [2.05, 4.69) is 28.1 Å². The maximum Gasteiger partial charge on any atom is 0.490 e. The first-order chi connectivity index (χ1) is 18.4. The first-order valence-electron chi connectivity index (χ1n) is 10.8. The van der Waals surface area contributed by atoms with E-state index in [1.807, 2.05) is 0 Å². The molecule has 1 aliphatic heterocycles. The Balaban J connectivity index is 1.86. The van der Waals surface area contributed by atoms with Crippen molar-refractivity contribution < 1.29 is 70.2 Å². The Morgan fingerprint density at radius 3 is 2.35 bits per heavy atom. The first kappa shape index (κ1) is 32.0. The average Bonchev–Trinajstić information content (AvgIpc) is 3.29. The number of anilines is 1. The summed E-state index contributed by atoms with van der Waals surface area (Å²) in [6.45, 7) is 0.601. The lowest BCUT2D eigenvalue weighted by Crippen LogP contribution is -2.38. The molecule has 1 fully saturated rings. The number of phosphoric ester groups is 1. The second-order valence-electron chi connectivity index (χ2n) is 8.16. The van der Waals surface area contributed by atoms with Gasteiger partial charge in [0.05, 0.1) is 31.5 Å². The highest BCUT2D eigenvalue weighted by Crippen LogP contribution is 2.66. The number of ether oxygens (including phenoxy) is 3. The molecule has 3 rings (SSSR count). The number of carbonyl (C=O) groups excluding carboxylic acids is 2. The van der Waals surface area contributed by atoms with E-state index in [1.54, 1.807) is 0 Å². The summed E-state index contributed by atoms with van der Waals surface area (Å²) in [5, 5.41) is 0. The van der Waals surface area contributed by atoms with Crippen molar-refractivity contribution in [2.45, 2.75) is 38.7 Å². The Kier molecular flexibility index (Phi) is 9.70. The maximum atomic E-state index is 12.2. The van der Waals surface area contributed by atoms with Gasteiger partial charge in [0, 0.05) is 13.8 Å². The molecule has 2 aromatic heterocycles. The van der Waals surface area contributed by atoms with Crippen molar-refractivity contribution in [2.75, 3.05) is 18.9 Å². The number of nitrogens with zero attached hydrogens (tertiary/aromatic N) is 3. The van der Waals surface area contributed by atoms with Gasteiger partial charge in [-0.15, -0.1) is 0 Å². The molecule has 2 aromatic rings. The summed E-state index contributed by atoms with van der Waals surface area (Å²) in [5.74, 6) is -2.79. The molecule has 0 spiro atoms. The first-order valence-corrected chi connectivity index (χ1v) is 15.3. The van der Waals surface area contributed by atoms with Gasteiger partial charge in [0.15, 0.2) is 11.2 Å². The number of rotatable bonds is 12. The molecule has 1 aliphatic rings. The molecule has 0 radical (unpaired) electrons. The minimum Gasteiger partial charge on any atom is -0.465 e. The number of aromatic nitrogens is 4. The summed E-state index contributed by atoms with van der Waals surface area (Å²) >= 11 is 0. The number of hydrogen-bond acceptors (Lipinski definition) is 15. The monoisotopic (exact) mass is 635 g/mol. The fourth-order valence-corrected chi connectivity index (χ4v) is 6.77. The van der Waals surface area contributed by atoms with Crippen molar-refractivity contribution in [2.24, 2.45) is 5.92 Å². The average molecular weight is 635 g/mol. The number of aromatic amines is 1. The van der Waals surface area contributed by atoms with Crippen molar-refractivity contribution in [1.29, 1.82) is 0 Å². The summed E-state index contributed by atoms with van der Waals surface area (Å²) in [6.07, 6.45) is -2.38. The Labute approximate surface area is 223 Å². The van der Waals surface area contributed by atoms with E-state index in [0.717, 1.165) is 13.8 Å². The lowest BCUT2D eigenvalue weighted by Gasteiger charge is -2.24. The summed E-state index contributed by atoms with van der Waals surface area (Å²) in [5.41, 5.74) is 4.93. The third-order valence-corrected chi connectivity index (χ3v) is 8.89. The van der Waals surface area contributed by atoms with Gasteiger partial charge in [-0.25, -0.2) is 18.7 Å². The van der Waals surface area contributed by atoms with Crippen LogP contribution in [0.5, 0.6) is 0 Å². The van der Waals surface area contributed by atoms with Gasteiger partial charge >= 0.3 is 35.4 Å². The van der Waals surface area contributed by atoms with Crippen LogP contribution in [0.2, 0.25) is 0 Å². The number of fused-ring (bicyclic) bond motifs is 1. The minimum atomic E-state index is -5.79. The molecule has 0 aromatic carbocycles. The van der Waals surface area contributed by atoms with E-state index in [1.165, 1.54) is 10.9 Å². The molecule has 7 N–H and O–H groups in total. The third kappa shape index (κ3) is 8.73. The van der Waals surface area contributed by atoms with Crippen LogP contribution in [0.25, 0.3) is 11.2 Å². The van der Waals surface area contributed by atoms with Crippen LogP contribution >= 0.6 is 23.5 Å². The zero-order valence-corrected chi connectivity index (χ0v) is 23.1. The Bertz CT molecular complexity index is 1470. The zero-order chi connectivity index (χ0) is 30.0. The van der Waals surface area contributed by atoms with Crippen LogP contribution in [0.3, 0.4) is 0 Å². The molecule has 1 saturated heterocycles. The predicted molar refractivity (Wildman–Crippen MR) is 127 cm³/mol. The number of phosphoric acid groups is 3. The topological polar surface area (TPSA) is 311 Å². The number of nitrogen functional groups attached to an aromatic ring is 1. The molecule has 21 nitrogen and oxygen atoms in total. The van der Waals surface area contributed by atoms with E-state index in [-0.39, 0.29) is 23.7 Å². The van der Waals surface area contributed by atoms with Gasteiger partial charge in [0.2, 0.25) is 5.95 Å². The van der Waals surface area contributed by atoms with Gasteiger partial charge in [-0.05, 0) is 0 Å². The van der Waals surface area contributed by atoms with Gasteiger partial charge < -0.3 is 44.1 Å². The Morgan fingerprint density at radius 2 is 1.75 bits per heavy atom. The van der Waals surface area contributed by atoms with Crippen LogP contribution in [-0.4, -0.2) is 82.6 Å². The van der Waals surface area contributed by atoms with Gasteiger partial charge in [-0.2, -0.15) is 13.6 Å². The quantitative estimate of drug-likeness (QED) is 0.119. The number of esters is 2. The second kappa shape index (κ2) is 12.1. The number of nitrogens with two attached hydrogens (primary N) is 1. The zero-order valence-electron chi connectivity index (χ0n) is 20.5. The minimum absolute atomic E-state index is 0.0414. The Morgan fingerprint density at radius 1 is 1.07 bits per heavy atom. The molecule has 0 amide bonds. The largest absolute Gasteiger partial charge is 0.490 e. The highest BCUT2D eigenvalue weighted by atomic mass is 31.3. The highest BCUT2D eigenvalue weighted by molar-refractivity contribution is 7.66. The van der Waals surface area contributed by atoms with Crippen molar-refractivity contribution in [3.63, 3.8) is 0 Å². The number of imidazole rings is 1. The summed E-state index contributed by atoms with van der Waals surface area (Å²) in [6, 6.07) is 0. The molecule has 40 heavy (non-hydrogen) atoms. The normalized spacial score (nSPS) is 24.4. The van der Waals surface area contributed by atoms with Gasteiger partial charge in [0.1, 0.15) is 18.8 Å². The number of carbonyl (C=O) groups is 2. The molecular weight excluding hydrogens is 611 g/mol. The number of hydrogen-bond donors (Lipinski definition) is 6. The maximum absolute atomic E-state index is 12.2. The fraction of sp³-hybridized carbons (Fsp3) is 0.562.